The quantitative estimate of drug-likeness (QED) is 0.612. The van der Waals surface area contributed by atoms with Crippen LogP contribution in [-0.4, -0.2) is 34.4 Å². The molecule has 4 heteroatoms. The van der Waals surface area contributed by atoms with Crippen molar-refractivity contribution in [1.82, 2.24) is 14.7 Å². The number of unbranched alkanes of at least 4 members (excludes halogenated alkanes) is 1. The first-order chi connectivity index (χ1) is 12.6. The molecule has 0 N–H and O–H groups in total. The van der Waals surface area contributed by atoms with Crippen molar-refractivity contribution in [3.63, 3.8) is 0 Å². The first kappa shape index (κ1) is 19.0. The molecule has 0 unspecified atom stereocenters. The number of benzene rings is 1. The van der Waals surface area contributed by atoms with E-state index in [0.29, 0.717) is 6.04 Å². The molecule has 0 saturated heterocycles. The molecule has 26 heavy (non-hydrogen) atoms. The van der Waals surface area contributed by atoms with Gasteiger partial charge in [0, 0.05) is 17.7 Å². The highest BCUT2D eigenvalue weighted by molar-refractivity contribution is 5.64. The molecule has 1 aliphatic rings. The summed E-state index contributed by atoms with van der Waals surface area (Å²) in [7, 11) is 2.21. The molecule has 2 aromatic rings. The minimum atomic E-state index is 0.198. The Morgan fingerprint density at radius 2 is 1.96 bits per heavy atom. The molecule has 1 heterocycles. The van der Waals surface area contributed by atoms with Crippen molar-refractivity contribution < 1.29 is 4.74 Å². The molecule has 0 amide bonds. The summed E-state index contributed by atoms with van der Waals surface area (Å²) in [6, 6.07) is 9.08. The Morgan fingerprint density at radius 1 is 1.23 bits per heavy atom. The molecule has 1 aromatic heterocycles. The molecule has 1 saturated carbocycles. The van der Waals surface area contributed by atoms with Gasteiger partial charge in [-0.3, -0.25) is 4.68 Å². The second-order valence-electron chi connectivity index (χ2n) is 7.83. The standard InChI is InChI=1S/C22H33N3O/c1-5-6-14-24(4)16-19-15-23-25(20-8-7-9-20)22(19)18-10-12-21(13-11-18)26-17(2)3/h10-13,15,17,20H,5-9,14,16H2,1-4H3. The van der Waals surface area contributed by atoms with Crippen molar-refractivity contribution in [2.24, 2.45) is 0 Å². The number of nitrogens with zero attached hydrogens (tertiary/aromatic N) is 3. The molecule has 142 valence electrons. The molecule has 0 spiro atoms. The summed E-state index contributed by atoms with van der Waals surface area (Å²) in [5.41, 5.74) is 3.85. The summed E-state index contributed by atoms with van der Waals surface area (Å²) in [4.78, 5) is 2.41. The summed E-state index contributed by atoms with van der Waals surface area (Å²) < 4.78 is 8.07. The average molecular weight is 356 g/mol. The molecule has 3 rings (SSSR count). The van der Waals surface area contributed by atoms with Crippen molar-refractivity contribution in [3.8, 4) is 17.0 Å². The Labute approximate surface area is 158 Å². The Bertz CT molecular complexity index is 686. The highest BCUT2D eigenvalue weighted by atomic mass is 16.5. The van der Waals surface area contributed by atoms with Crippen LogP contribution in [0, 0.1) is 0 Å². The SMILES string of the molecule is CCCCN(C)Cc1cnn(C2CCC2)c1-c1ccc(OC(C)C)cc1. The van der Waals surface area contributed by atoms with Crippen molar-refractivity contribution in [2.75, 3.05) is 13.6 Å². The first-order valence-corrected chi connectivity index (χ1v) is 10.1. The Morgan fingerprint density at radius 3 is 2.54 bits per heavy atom. The number of aromatic nitrogens is 2. The third-order valence-electron chi connectivity index (χ3n) is 5.12. The molecule has 1 aromatic carbocycles. The summed E-state index contributed by atoms with van der Waals surface area (Å²) in [6.45, 7) is 8.44. The Kier molecular flexibility index (Phi) is 6.36. The highest BCUT2D eigenvalue weighted by Crippen LogP contribution is 2.37. The van der Waals surface area contributed by atoms with Crippen LogP contribution in [0.15, 0.2) is 30.5 Å². The molecule has 0 radical (unpaired) electrons. The topological polar surface area (TPSA) is 30.3 Å². The van der Waals surface area contributed by atoms with E-state index >= 15 is 0 Å². The number of rotatable bonds is 9. The van der Waals surface area contributed by atoms with Crippen LogP contribution in [-0.2, 0) is 6.54 Å². The highest BCUT2D eigenvalue weighted by Gasteiger charge is 2.25. The molecule has 4 nitrogen and oxygen atoms in total. The van der Waals surface area contributed by atoms with Gasteiger partial charge in [-0.05, 0) is 77.4 Å². The number of hydrogen-bond acceptors (Lipinski definition) is 3. The molecule has 0 atom stereocenters. The van der Waals surface area contributed by atoms with Crippen LogP contribution in [0.3, 0.4) is 0 Å². The van der Waals surface area contributed by atoms with Gasteiger partial charge in [0.05, 0.1) is 24.0 Å². The molecule has 1 aliphatic carbocycles. The zero-order valence-electron chi connectivity index (χ0n) is 16.7. The molecule has 1 fully saturated rings. The fraction of sp³-hybridized carbons (Fsp3) is 0.591. The summed E-state index contributed by atoms with van der Waals surface area (Å²) in [6.07, 6.45) is 8.55. The maximum Gasteiger partial charge on any atom is 0.119 e. The van der Waals surface area contributed by atoms with Crippen LogP contribution < -0.4 is 4.74 Å². The monoisotopic (exact) mass is 355 g/mol. The first-order valence-electron chi connectivity index (χ1n) is 10.1. The largest absolute Gasteiger partial charge is 0.491 e. The van der Waals surface area contributed by atoms with Crippen LogP contribution in [0.5, 0.6) is 5.75 Å². The zero-order chi connectivity index (χ0) is 18.5. The van der Waals surface area contributed by atoms with E-state index < -0.39 is 0 Å². The predicted molar refractivity (Wildman–Crippen MR) is 108 cm³/mol. The van der Waals surface area contributed by atoms with E-state index in [9.17, 15) is 0 Å². The van der Waals surface area contributed by atoms with Gasteiger partial charge < -0.3 is 9.64 Å². The lowest BCUT2D eigenvalue weighted by Crippen LogP contribution is -2.21. The van der Waals surface area contributed by atoms with Gasteiger partial charge in [-0.25, -0.2) is 0 Å². The van der Waals surface area contributed by atoms with Gasteiger partial charge in [0.15, 0.2) is 0 Å². The predicted octanol–water partition coefficient (Wildman–Crippen LogP) is 5.29. The van der Waals surface area contributed by atoms with Crippen molar-refractivity contribution in [1.29, 1.82) is 0 Å². The van der Waals surface area contributed by atoms with Crippen LogP contribution in [0.25, 0.3) is 11.3 Å². The molecular weight excluding hydrogens is 322 g/mol. The van der Waals surface area contributed by atoms with Crippen molar-refractivity contribution in [3.05, 3.63) is 36.0 Å². The normalized spacial score (nSPS) is 14.8. The van der Waals surface area contributed by atoms with Gasteiger partial charge in [-0.1, -0.05) is 13.3 Å². The van der Waals surface area contributed by atoms with Gasteiger partial charge in [-0.15, -0.1) is 0 Å². The lowest BCUT2D eigenvalue weighted by atomic mass is 9.92. The second-order valence-corrected chi connectivity index (χ2v) is 7.83. The van der Waals surface area contributed by atoms with Gasteiger partial charge >= 0.3 is 0 Å². The van der Waals surface area contributed by atoms with Crippen LogP contribution >= 0.6 is 0 Å². The number of hydrogen-bond donors (Lipinski definition) is 0. The fourth-order valence-electron chi connectivity index (χ4n) is 3.50. The van der Waals surface area contributed by atoms with Crippen LogP contribution in [0.1, 0.15) is 64.5 Å². The average Bonchev–Trinajstić information content (AvgIpc) is 2.94. The lowest BCUT2D eigenvalue weighted by molar-refractivity contribution is 0.242. The van der Waals surface area contributed by atoms with Gasteiger partial charge in [-0.2, -0.15) is 5.10 Å². The third-order valence-corrected chi connectivity index (χ3v) is 5.12. The Balaban J connectivity index is 1.86. The van der Waals surface area contributed by atoms with E-state index in [1.807, 2.05) is 0 Å². The smallest absolute Gasteiger partial charge is 0.119 e. The van der Waals surface area contributed by atoms with E-state index in [-0.39, 0.29) is 6.10 Å². The third kappa shape index (κ3) is 4.47. The minimum Gasteiger partial charge on any atom is -0.491 e. The van der Waals surface area contributed by atoms with E-state index in [4.69, 9.17) is 9.84 Å². The fourth-order valence-corrected chi connectivity index (χ4v) is 3.50. The maximum absolute atomic E-state index is 5.81. The van der Waals surface area contributed by atoms with Crippen LogP contribution in [0.4, 0.5) is 0 Å². The van der Waals surface area contributed by atoms with Crippen molar-refractivity contribution >= 4 is 0 Å². The maximum atomic E-state index is 5.81. The second kappa shape index (κ2) is 8.72. The van der Waals surface area contributed by atoms with E-state index in [2.05, 4.69) is 67.9 Å². The van der Waals surface area contributed by atoms with E-state index in [1.165, 1.54) is 48.9 Å². The van der Waals surface area contributed by atoms with E-state index in [1.54, 1.807) is 0 Å². The number of ether oxygens (including phenoxy) is 1. The van der Waals surface area contributed by atoms with Crippen LogP contribution in [0.2, 0.25) is 0 Å². The van der Waals surface area contributed by atoms with Gasteiger partial charge in [0.2, 0.25) is 0 Å². The lowest BCUT2D eigenvalue weighted by Gasteiger charge is -2.28. The van der Waals surface area contributed by atoms with Gasteiger partial charge in [0.1, 0.15) is 5.75 Å². The van der Waals surface area contributed by atoms with Gasteiger partial charge in [0.25, 0.3) is 0 Å². The Hall–Kier alpha value is -1.81. The molecule has 0 aliphatic heterocycles. The summed E-state index contributed by atoms with van der Waals surface area (Å²) >= 11 is 0. The van der Waals surface area contributed by atoms with E-state index in [0.717, 1.165) is 18.8 Å². The molecule has 0 bridgehead atoms. The minimum absolute atomic E-state index is 0.198. The zero-order valence-corrected chi connectivity index (χ0v) is 16.7. The summed E-state index contributed by atoms with van der Waals surface area (Å²) in [5.74, 6) is 0.931. The van der Waals surface area contributed by atoms with Crippen molar-refractivity contribution in [2.45, 2.75) is 71.6 Å². The summed E-state index contributed by atoms with van der Waals surface area (Å²) in [5, 5.41) is 4.78. The molecular formula is C22H33N3O.